The molecule has 0 saturated carbocycles. The Labute approximate surface area is 96.6 Å². The summed E-state index contributed by atoms with van der Waals surface area (Å²) in [4.78, 5) is 12.9. The summed E-state index contributed by atoms with van der Waals surface area (Å²) in [5.74, 6) is -0.0871. The number of hydrogen-bond acceptors (Lipinski definition) is 4. The van der Waals surface area contributed by atoms with Gasteiger partial charge in [-0.05, 0) is 6.54 Å². The van der Waals surface area contributed by atoms with Crippen LogP contribution in [0.25, 0.3) is 0 Å². The van der Waals surface area contributed by atoms with Gasteiger partial charge in [0.2, 0.25) is 15.9 Å². The zero-order valence-electron chi connectivity index (χ0n) is 9.77. The van der Waals surface area contributed by atoms with Crippen LogP contribution in [0.4, 0.5) is 0 Å². The molecule has 1 amide bonds. The molecule has 6 nitrogen and oxygen atoms in total. The lowest BCUT2D eigenvalue weighted by Crippen LogP contribution is -2.51. The summed E-state index contributed by atoms with van der Waals surface area (Å²) >= 11 is 0. The summed E-state index contributed by atoms with van der Waals surface area (Å²) in [7, 11) is -1.60. The molecule has 16 heavy (non-hydrogen) atoms. The first-order valence-electron chi connectivity index (χ1n) is 5.40. The highest BCUT2D eigenvalue weighted by molar-refractivity contribution is 7.89. The first kappa shape index (κ1) is 13.4. The van der Waals surface area contributed by atoms with Gasteiger partial charge in [-0.15, -0.1) is 0 Å². The van der Waals surface area contributed by atoms with Gasteiger partial charge in [0, 0.05) is 26.7 Å². The smallest absolute Gasteiger partial charge is 0.237 e. The number of sulfonamides is 1. The predicted octanol–water partition coefficient (Wildman–Crippen LogP) is -1.30. The lowest BCUT2D eigenvalue weighted by atomic mass is 10.4. The van der Waals surface area contributed by atoms with E-state index >= 15 is 0 Å². The number of piperazine rings is 1. The number of amides is 1. The summed E-state index contributed by atoms with van der Waals surface area (Å²) < 4.78 is 24.9. The molecule has 7 heteroatoms. The van der Waals surface area contributed by atoms with Gasteiger partial charge in [-0.2, -0.15) is 4.31 Å². The maximum absolute atomic E-state index is 11.8. The van der Waals surface area contributed by atoms with Crippen LogP contribution in [-0.2, 0) is 14.8 Å². The minimum atomic E-state index is -3.29. The molecule has 1 rings (SSSR count). The molecule has 0 spiro atoms. The molecule has 0 aromatic heterocycles. The molecule has 0 bridgehead atoms. The van der Waals surface area contributed by atoms with Gasteiger partial charge in [0.25, 0.3) is 0 Å². The molecule has 1 fully saturated rings. The van der Waals surface area contributed by atoms with Gasteiger partial charge in [-0.3, -0.25) is 4.79 Å². The quantitative estimate of drug-likeness (QED) is 0.615. The molecule has 0 aromatic carbocycles. The van der Waals surface area contributed by atoms with Crippen molar-refractivity contribution in [1.29, 1.82) is 0 Å². The number of carbonyl (C=O) groups is 1. The highest BCUT2D eigenvalue weighted by atomic mass is 32.2. The average Bonchev–Trinajstić information content (AvgIpc) is 2.22. The van der Waals surface area contributed by atoms with Crippen LogP contribution >= 0.6 is 0 Å². The third-order valence-electron chi connectivity index (χ3n) is 2.60. The monoisotopic (exact) mass is 249 g/mol. The molecule has 1 aliphatic rings. The Morgan fingerprint density at radius 2 is 2.06 bits per heavy atom. The van der Waals surface area contributed by atoms with Crippen LogP contribution < -0.4 is 5.32 Å². The summed E-state index contributed by atoms with van der Waals surface area (Å²) in [6, 6.07) is 0. The van der Waals surface area contributed by atoms with Crippen molar-refractivity contribution in [3.8, 4) is 0 Å². The minimum Gasteiger partial charge on any atom is -0.343 e. The molecular formula is C9H19N3O3S. The first-order chi connectivity index (χ1) is 7.47. The fraction of sp³-hybridized carbons (Fsp3) is 0.889. The van der Waals surface area contributed by atoms with E-state index in [0.29, 0.717) is 19.6 Å². The second-order valence-corrected chi connectivity index (χ2v) is 5.91. The molecule has 1 saturated heterocycles. The summed E-state index contributed by atoms with van der Waals surface area (Å²) in [6.07, 6.45) is 0. The van der Waals surface area contributed by atoms with E-state index in [1.807, 2.05) is 6.92 Å². The van der Waals surface area contributed by atoms with Crippen LogP contribution in [0.5, 0.6) is 0 Å². The highest BCUT2D eigenvalue weighted by Crippen LogP contribution is 2.07. The van der Waals surface area contributed by atoms with E-state index in [1.165, 1.54) is 4.31 Å². The third kappa shape index (κ3) is 3.43. The standard InChI is InChI=1S/C9H19N3O3S/c1-3-10-4-7-16(14,15)12-6-5-11(2)9(13)8-12/h10H,3-8H2,1-2H3. The minimum absolute atomic E-state index is 0.0229. The zero-order valence-corrected chi connectivity index (χ0v) is 10.6. The first-order valence-corrected chi connectivity index (χ1v) is 7.01. The van der Waals surface area contributed by atoms with Crippen LogP contribution in [0.15, 0.2) is 0 Å². The van der Waals surface area contributed by atoms with E-state index in [0.717, 1.165) is 6.54 Å². The van der Waals surface area contributed by atoms with Gasteiger partial charge >= 0.3 is 0 Å². The SMILES string of the molecule is CCNCCS(=O)(=O)N1CCN(C)C(=O)C1. The third-order valence-corrected chi connectivity index (χ3v) is 4.42. The van der Waals surface area contributed by atoms with Crippen LogP contribution in [0.3, 0.4) is 0 Å². The zero-order chi connectivity index (χ0) is 12.2. The lowest BCUT2D eigenvalue weighted by molar-refractivity contribution is -0.132. The number of carbonyl (C=O) groups excluding carboxylic acids is 1. The maximum Gasteiger partial charge on any atom is 0.237 e. The average molecular weight is 249 g/mol. The molecule has 94 valence electrons. The van der Waals surface area contributed by atoms with Crippen molar-refractivity contribution in [2.45, 2.75) is 6.92 Å². The van der Waals surface area contributed by atoms with Crippen LogP contribution in [0, 0.1) is 0 Å². The largest absolute Gasteiger partial charge is 0.343 e. The Hall–Kier alpha value is -0.660. The van der Waals surface area contributed by atoms with E-state index in [4.69, 9.17) is 0 Å². The van der Waals surface area contributed by atoms with Crippen LogP contribution in [-0.4, -0.2) is 69.1 Å². The molecular weight excluding hydrogens is 230 g/mol. The van der Waals surface area contributed by atoms with Gasteiger partial charge < -0.3 is 10.2 Å². The van der Waals surface area contributed by atoms with Crippen molar-refractivity contribution in [1.82, 2.24) is 14.5 Å². The van der Waals surface area contributed by atoms with E-state index < -0.39 is 10.0 Å². The highest BCUT2D eigenvalue weighted by Gasteiger charge is 2.29. The topological polar surface area (TPSA) is 69.7 Å². The lowest BCUT2D eigenvalue weighted by Gasteiger charge is -2.31. The Morgan fingerprint density at radius 3 is 2.62 bits per heavy atom. The maximum atomic E-state index is 11.8. The number of hydrogen-bond donors (Lipinski definition) is 1. The van der Waals surface area contributed by atoms with Crippen molar-refractivity contribution in [2.75, 3.05) is 45.5 Å². The molecule has 0 unspecified atom stereocenters. The summed E-state index contributed by atoms with van der Waals surface area (Å²) in [5.41, 5.74) is 0. The second-order valence-electron chi connectivity index (χ2n) is 3.82. The van der Waals surface area contributed by atoms with E-state index in [-0.39, 0.29) is 18.2 Å². The number of nitrogens with zero attached hydrogens (tertiary/aromatic N) is 2. The van der Waals surface area contributed by atoms with Crippen LogP contribution in [0.2, 0.25) is 0 Å². The van der Waals surface area contributed by atoms with Crippen molar-refractivity contribution in [3.63, 3.8) is 0 Å². The Balaban J connectivity index is 2.53. The summed E-state index contributed by atoms with van der Waals surface area (Å²) in [5, 5.41) is 2.96. The van der Waals surface area contributed by atoms with E-state index in [1.54, 1.807) is 11.9 Å². The molecule has 0 radical (unpaired) electrons. The van der Waals surface area contributed by atoms with E-state index in [2.05, 4.69) is 5.32 Å². The molecule has 1 aliphatic heterocycles. The number of likely N-dealkylation sites (N-methyl/N-ethyl adjacent to an activating group) is 1. The van der Waals surface area contributed by atoms with Gasteiger partial charge in [-0.1, -0.05) is 6.92 Å². The van der Waals surface area contributed by atoms with Crippen molar-refractivity contribution in [3.05, 3.63) is 0 Å². The van der Waals surface area contributed by atoms with Gasteiger partial charge in [0.05, 0.1) is 12.3 Å². The van der Waals surface area contributed by atoms with Crippen molar-refractivity contribution in [2.24, 2.45) is 0 Å². The van der Waals surface area contributed by atoms with Gasteiger partial charge in [0.15, 0.2) is 0 Å². The molecule has 0 aliphatic carbocycles. The molecule has 1 N–H and O–H groups in total. The molecule has 1 heterocycles. The molecule has 0 atom stereocenters. The van der Waals surface area contributed by atoms with Crippen LogP contribution in [0.1, 0.15) is 6.92 Å². The normalized spacial score (nSPS) is 19.1. The van der Waals surface area contributed by atoms with Crippen molar-refractivity contribution >= 4 is 15.9 Å². The van der Waals surface area contributed by atoms with Gasteiger partial charge in [0.1, 0.15) is 0 Å². The fourth-order valence-corrected chi connectivity index (χ4v) is 2.81. The summed E-state index contributed by atoms with van der Waals surface area (Å²) in [6.45, 7) is 3.95. The van der Waals surface area contributed by atoms with E-state index in [9.17, 15) is 13.2 Å². The van der Waals surface area contributed by atoms with Crippen molar-refractivity contribution < 1.29 is 13.2 Å². The van der Waals surface area contributed by atoms with Gasteiger partial charge in [-0.25, -0.2) is 8.42 Å². The Bertz CT molecular complexity index is 342. The number of rotatable bonds is 5. The molecule has 0 aromatic rings. The predicted molar refractivity (Wildman–Crippen MR) is 61.5 cm³/mol. The Kier molecular flexibility index (Phi) is 4.69. The Morgan fingerprint density at radius 1 is 1.38 bits per heavy atom. The fourth-order valence-electron chi connectivity index (χ4n) is 1.48. The second kappa shape index (κ2) is 5.60. The number of nitrogens with one attached hydrogen (secondary N) is 1.